The SMILES string of the molecule is CC(C)c1ccc(-c2nnn(CC(=O)NCC(=O)N(C)C)n2)cc1. The lowest BCUT2D eigenvalue weighted by molar-refractivity contribution is -0.131. The molecular weight excluding hydrogens is 308 g/mol. The Labute approximate surface area is 140 Å². The molecule has 0 unspecified atom stereocenters. The molecule has 0 fully saturated rings. The molecule has 0 radical (unpaired) electrons. The predicted octanol–water partition coefficient (Wildman–Crippen LogP) is 0.668. The third-order valence-electron chi connectivity index (χ3n) is 3.51. The van der Waals surface area contributed by atoms with Gasteiger partial charge in [-0.2, -0.15) is 4.80 Å². The molecule has 2 rings (SSSR count). The Morgan fingerprint density at radius 1 is 1.21 bits per heavy atom. The van der Waals surface area contributed by atoms with Gasteiger partial charge in [0.25, 0.3) is 0 Å². The summed E-state index contributed by atoms with van der Waals surface area (Å²) in [7, 11) is 3.26. The molecule has 0 aliphatic carbocycles. The Balaban J connectivity index is 1.95. The second-order valence-electron chi connectivity index (χ2n) is 5.99. The first-order chi connectivity index (χ1) is 11.4. The molecular formula is C16H22N6O2. The lowest BCUT2D eigenvalue weighted by Crippen LogP contribution is -2.38. The molecule has 8 heteroatoms. The fourth-order valence-electron chi connectivity index (χ4n) is 1.96. The molecule has 0 aliphatic heterocycles. The molecule has 0 saturated carbocycles. The van der Waals surface area contributed by atoms with Crippen LogP contribution < -0.4 is 5.32 Å². The maximum absolute atomic E-state index is 11.8. The first-order valence-electron chi connectivity index (χ1n) is 7.72. The van der Waals surface area contributed by atoms with Gasteiger partial charge in [0.15, 0.2) is 0 Å². The topological polar surface area (TPSA) is 93.0 Å². The van der Waals surface area contributed by atoms with E-state index in [1.54, 1.807) is 14.1 Å². The molecule has 0 aliphatic rings. The van der Waals surface area contributed by atoms with Gasteiger partial charge < -0.3 is 10.2 Å². The highest BCUT2D eigenvalue weighted by atomic mass is 16.2. The zero-order valence-electron chi connectivity index (χ0n) is 14.4. The molecule has 0 saturated heterocycles. The summed E-state index contributed by atoms with van der Waals surface area (Å²) >= 11 is 0. The maximum Gasteiger partial charge on any atom is 0.244 e. The fraction of sp³-hybridized carbons (Fsp3) is 0.438. The van der Waals surface area contributed by atoms with Crippen LogP contribution in [-0.2, 0) is 16.1 Å². The standard InChI is InChI=1S/C16H22N6O2/c1-11(2)12-5-7-13(8-6-12)16-18-20-22(19-16)10-14(23)17-9-15(24)21(3)4/h5-8,11H,9-10H2,1-4H3,(H,17,23). The van der Waals surface area contributed by atoms with Gasteiger partial charge in [-0.25, -0.2) is 0 Å². The number of carbonyl (C=O) groups is 2. The quantitative estimate of drug-likeness (QED) is 0.840. The predicted molar refractivity (Wildman–Crippen MR) is 89.0 cm³/mol. The minimum absolute atomic E-state index is 0.0515. The smallest absolute Gasteiger partial charge is 0.244 e. The molecule has 2 aromatic rings. The number of carbonyl (C=O) groups excluding carboxylic acids is 2. The van der Waals surface area contributed by atoms with E-state index in [0.29, 0.717) is 11.7 Å². The van der Waals surface area contributed by atoms with Crippen molar-refractivity contribution in [3.8, 4) is 11.4 Å². The van der Waals surface area contributed by atoms with E-state index in [0.717, 1.165) is 5.56 Å². The summed E-state index contributed by atoms with van der Waals surface area (Å²) in [5.41, 5.74) is 2.07. The van der Waals surface area contributed by atoms with E-state index in [2.05, 4.69) is 34.6 Å². The van der Waals surface area contributed by atoms with Crippen LogP contribution in [0.4, 0.5) is 0 Å². The average molecular weight is 330 g/mol. The minimum atomic E-state index is -0.343. The molecule has 0 atom stereocenters. The number of rotatable bonds is 6. The number of likely N-dealkylation sites (N-methyl/N-ethyl adjacent to an activating group) is 1. The number of nitrogens with one attached hydrogen (secondary N) is 1. The maximum atomic E-state index is 11.8. The fourth-order valence-corrected chi connectivity index (χ4v) is 1.96. The highest BCUT2D eigenvalue weighted by Gasteiger charge is 2.11. The van der Waals surface area contributed by atoms with E-state index in [9.17, 15) is 9.59 Å². The van der Waals surface area contributed by atoms with Crippen LogP contribution in [-0.4, -0.2) is 57.6 Å². The van der Waals surface area contributed by atoms with E-state index in [-0.39, 0.29) is 24.9 Å². The Kier molecular flexibility index (Phi) is 5.62. The molecule has 24 heavy (non-hydrogen) atoms. The Morgan fingerprint density at radius 2 is 1.88 bits per heavy atom. The van der Waals surface area contributed by atoms with Crippen molar-refractivity contribution < 1.29 is 9.59 Å². The van der Waals surface area contributed by atoms with Gasteiger partial charge in [0.05, 0.1) is 6.54 Å². The molecule has 1 aromatic heterocycles. The summed E-state index contributed by atoms with van der Waals surface area (Å²) in [6, 6.07) is 7.93. The second-order valence-corrected chi connectivity index (χ2v) is 5.99. The van der Waals surface area contributed by atoms with E-state index in [1.807, 2.05) is 24.3 Å². The van der Waals surface area contributed by atoms with Crippen LogP contribution in [0.2, 0.25) is 0 Å². The number of hydrogen-bond acceptors (Lipinski definition) is 5. The van der Waals surface area contributed by atoms with Crippen LogP contribution in [0.25, 0.3) is 11.4 Å². The normalized spacial score (nSPS) is 10.7. The van der Waals surface area contributed by atoms with Gasteiger partial charge in [-0.15, -0.1) is 10.2 Å². The molecule has 0 bridgehead atoms. The molecule has 128 valence electrons. The molecule has 2 amide bonds. The van der Waals surface area contributed by atoms with E-state index < -0.39 is 0 Å². The molecule has 1 N–H and O–H groups in total. The van der Waals surface area contributed by atoms with Crippen LogP contribution >= 0.6 is 0 Å². The number of benzene rings is 1. The number of hydrogen-bond donors (Lipinski definition) is 1. The van der Waals surface area contributed by atoms with Gasteiger partial charge in [0, 0.05) is 19.7 Å². The number of tetrazole rings is 1. The average Bonchev–Trinajstić information content (AvgIpc) is 3.01. The summed E-state index contributed by atoms with van der Waals surface area (Å²) < 4.78 is 0. The van der Waals surface area contributed by atoms with Gasteiger partial charge in [-0.05, 0) is 16.7 Å². The van der Waals surface area contributed by atoms with Gasteiger partial charge in [-0.1, -0.05) is 38.1 Å². The van der Waals surface area contributed by atoms with E-state index in [1.165, 1.54) is 15.3 Å². The number of nitrogens with zero attached hydrogens (tertiary/aromatic N) is 5. The minimum Gasteiger partial charge on any atom is -0.347 e. The van der Waals surface area contributed by atoms with E-state index >= 15 is 0 Å². The van der Waals surface area contributed by atoms with Gasteiger partial charge in [0.2, 0.25) is 17.6 Å². The monoisotopic (exact) mass is 330 g/mol. The van der Waals surface area contributed by atoms with Crippen LogP contribution in [0.5, 0.6) is 0 Å². The number of aromatic nitrogens is 4. The lowest BCUT2D eigenvalue weighted by Gasteiger charge is -2.10. The highest BCUT2D eigenvalue weighted by molar-refractivity contribution is 5.84. The Morgan fingerprint density at radius 3 is 2.46 bits per heavy atom. The van der Waals surface area contributed by atoms with Gasteiger partial charge in [0.1, 0.15) is 6.54 Å². The first-order valence-corrected chi connectivity index (χ1v) is 7.72. The van der Waals surface area contributed by atoms with Crippen LogP contribution in [0.1, 0.15) is 25.3 Å². The summed E-state index contributed by atoms with van der Waals surface area (Å²) in [4.78, 5) is 25.8. The third-order valence-corrected chi connectivity index (χ3v) is 3.51. The van der Waals surface area contributed by atoms with Gasteiger partial charge in [-0.3, -0.25) is 9.59 Å². The van der Waals surface area contributed by atoms with Crippen molar-refractivity contribution in [3.63, 3.8) is 0 Å². The zero-order valence-corrected chi connectivity index (χ0v) is 14.4. The van der Waals surface area contributed by atoms with Crippen molar-refractivity contribution in [2.45, 2.75) is 26.3 Å². The van der Waals surface area contributed by atoms with Crippen LogP contribution in [0, 0.1) is 0 Å². The van der Waals surface area contributed by atoms with Crippen molar-refractivity contribution in [2.24, 2.45) is 0 Å². The lowest BCUT2D eigenvalue weighted by atomic mass is 10.0. The third kappa shape index (κ3) is 4.61. The summed E-state index contributed by atoms with van der Waals surface area (Å²) in [5.74, 6) is 0.392. The highest BCUT2D eigenvalue weighted by Crippen LogP contribution is 2.19. The largest absolute Gasteiger partial charge is 0.347 e. The molecule has 1 aromatic carbocycles. The zero-order chi connectivity index (χ0) is 17.7. The van der Waals surface area contributed by atoms with Gasteiger partial charge >= 0.3 is 0 Å². The van der Waals surface area contributed by atoms with Crippen molar-refractivity contribution in [3.05, 3.63) is 29.8 Å². The van der Waals surface area contributed by atoms with Crippen LogP contribution in [0.3, 0.4) is 0 Å². The molecule has 1 heterocycles. The summed E-state index contributed by atoms with van der Waals surface area (Å²) in [5, 5.41) is 14.6. The first kappa shape index (κ1) is 17.6. The number of amides is 2. The molecule has 8 nitrogen and oxygen atoms in total. The Bertz CT molecular complexity index is 706. The van der Waals surface area contributed by atoms with Crippen molar-refractivity contribution in [2.75, 3.05) is 20.6 Å². The second kappa shape index (κ2) is 7.67. The van der Waals surface area contributed by atoms with Crippen LogP contribution in [0.15, 0.2) is 24.3 Å². The summed E-state index contributed by atoms with van der Waals surface area (Å²) in [6.45, 7) is 4.12. The summed E-state index contributed by atoms with van der Waals surface area (Å²) in [6.07, 6.45) is 0. The van der Waals surface area contributed by atoms with Crippen molar-refractivity contribution in [1.29, 1.82) is 0 Å². The van der Waals surface area contributed by atoms with Crippen molar-refractivity contribution in [1.82, 2.24) is 30.4 Å². The molecule has 0 spiro atoms. The van der Waals surface area contributed by atoms with E-state index in [4.69, 9.17) is 0 Å². The Hall–Kier alpha value is -2.77. The van der Waals surface area contributed by atoms with Crippen molar-refractivity contribution >= 4 is 11.8 Å².